The first-order valence-electron chi connectivity index (χ1n) is 6.55. The molecule has 5 nitrogen and oxygen atoms in total. The quantitative estimate of drug-likeness (QED) is 0.887. The number of carbonyl (C=O) groups excluding carboxylic acids is 1. The molecule has 0 bridgehead atoms. The highest BCUT2D eigenvalue weighted by Crippen LogP contribution is 2.27. The number of hydrogen-bond donors (Lipinski definition) is 2. The van der Waals surface area contributed by atoms with Gasteiger partial charge < -0.3 is 5.32 Å². The maximum atomic E-state index is 12.4. The summed E-state index contributed by atoms with van der Waals surface area (Å²) in [4.78, 5) is 12.4. The summed E-state index contributed by atoms with van der Waals surface area (Å²) in [7, 11) is 0. The Morgan fingerprint density at radius 1 is 1.40 bits per heavy atom. The molecule has 0 spiro atoms. The average Bonchev–Trinajstić information content (AvgIpc) is 2.84. The van der Waals surface area contributed by atoms with Crippen LogP contribution in [0.3, 0.4) is 0 Å². The average molecular weight is 288 g/mol. The van der Waals surface area contributed by atoms with Gasteiger partial charge in [-0.3, -0.25) is 10.1 Å². The Bertz CT molecular complexity index is 652. The number of carbonyl (C=O) groups is 1. The van der Waals surface area contributed by atoms with Crippen molar-refractivity contribution in [3.05, 3.63) is 39.9 Å². The SMILES string of the molecule is Cc1nnc(NC(=O)C2CNCc3c(C)cccc32)s1. The molecule has 20 heavy (non-hydrogen) atoms. The van der Waals surface area contributed by atoms with Crippen LogP contribution in [0, 0.1) is 13.8 Å². The zero-order chi connectivity index (χ0) is 14.1. The maximum Gasteiger partial charge on any atom is 0.235 e. The van der Waals surface area contributed by atoms with Gasteiger partial charge in [0.25, 0.3) is 0 Å². The molecular weight excluding hydrogens is 272 g/mol. The van der Waals surface area contributed by atoms with E-state index in [1.807, 2.05) is 19.1 Å². The number of fused-ring (bicyclic) bond motifs is 1. The molecular formula is C14H16N4OS. The van der Waals surface area contributed by atoms with Gasteiger partial charge >= 0.3 is 0 Å². The molecule has 104 valence electrons. The van der Waals surface area contributed by atoms with Gasteiger partial charge in [-0.1, -0.05) is 29.5 Å². The Hall–Kier alpha value is -1.79. The number of nitrogens with zero attached hydrogens (tertiary/aromatic N) is 2. The molecule has 1 aliphatic rings. The van der Waals surface area contributed by atoms with Gasteiger partial charge in [0.15, 0.2) is 0 Å². The largest absolute Gasteiger partial charge is 0.312 e. The number of amides is 1. The number of rotatable bonds is 2. The van der Waals surface area contributed by atoms with Crippen molar-refractivity contribution in [1.82, 2.24) is 15.5 Å². The Balaban J connectivity index is 1.85. The van der Waals surface area contributed by atoms with E-state index in [1.54, 1.807) is 0 Å². The van der Waals surface area contributed by atoms with E-state index in [9.17, 15) is 4.79 Å². The lowest BCUT2D eigenvalue weighted by atomic mass is 9.88. The minimum absolute atomic E-state index is 0.0276. The van der Waals surface area contributed by atoms with Crippen LogP contribution in [0.25, 0.3) is 0 Å². The molecule has 0 aliphatic carbocycles. The van der Waals surface area contributed by atoms with E-state index in [0.29, 0.717) is 11.7 Å². The summed E-state index contributed by atoms with van der Waals surface area (Å²) in [5.41, 5.74) is 3.56. The molecule has 1 amide bonds. The molecule has 0 radical (unpaired) electrons. The van der Waals surface area contributed by atoms with Crippen molar-refractivity contribution < 1.29 is 4.79 Å². The zero-order valence-corrected chi connectivity index (χ0v) is 12.3. The summed E-state index contributed by atoms with van der Waals surface area (Å²) in [5, 5.41) is 15.4. The molecule has 1 aromatic heterocycles. The van der Waals surface area contributed by atoms with E-state index in [1.165, 1.54) is 22.5 Å². The lowest BCUT2D eigenvalue weighted by molar-refractivity contribution is -0.117. The highest BCUT2D eigenvalue weighted by atomic mass is 32.1. The Kier molecular flexibility index (Phi) is 3.50. The second kappa shape index (κ2) is 5.30. The van der Waals surface area contributed by atoms with Crippen LogP contribution in [0.5, 0.6) is 0 Å². The van der Waals surface area contributed by atoms with Gasteiger partial charge in [-0.15, -0.1) is 10.2 Å². The van der Waals surface area contributed by atoms with Crippen LogP contribution >= 0.6 is 11.3 Å². The van der Waals surface area contributed by atoms with Gasteiger partial charge in [-0.2, -0.15) is 0 Å². The van der Waals surface area contributed by atoms with Crippen molar-refractivity contribution in [1.29, 1.82) is 0 Å². The number of aromatic nitrogens is 2. The fourth-order valence-corrected chi connectivity index (χ4v) is 3.11. The Labute approximate surface area is 121 Å². The topological polar surface area (TPSA) is 66.9 Å². The van der Waals surface area contributed by atoms with Crippen LogP contribution in [-0.2, 0) is 11.3 Å². The van der Waals surface area contributed by atoms with Crippen LogP contribution in [0.2, 0.25) is 0 Å². The summed E-state index contributed by atoms with van der Waals surface area (Å²) in [6.45, 7) is 5.42. The Morgan fingerprint density at radius 3 is 3.00 bits per heavy atom. The first-order chi connectivity index (χ1) is 9.65. The number of aryl methyl sites for hydroxylation is 2. The van der Waals surface area contributed by atoms with Crippen LogP contribution in [0.1, 0.15) is 27.6 Å². The molecule has 1 unspecified atom stereocenters. The van der Waals surface area contributed by atoms with Gasteiger partial charge in [0.1, 0.15) is 5.01 Å². The predicted octanol–water partition coefficient (Wildman–Crippen LogP) is 1.98. The molecule has 2 heterocycles. The molecule has 0 saturated carbocycles. The smallest absolute Gasteiger partial charge is 0.235 e. The molecule has 3 rings (SSSR count). The molecule has 2 aromatic rings. The van der Waals surface area contributed by atoms with Gasteiger partial charge in [-0.05, 0) is 30.5 Å². The molecule has 1 atom stereocenters. The number of nitrogens with one attached hydrogen (secondary N) is 2. The molecule has 0 saturated heterocycles. The standard InChI is InChI=1S/C14H16N4OS/c1-8-4-3-5-10-11(8)6-15-7-12(10)13(19)16-14-18-17-9(2)20-14/h3-5,12,15H,6-7H2,1-2H3,(H,16,18,19). The Morgan fingerprint density at radius 2 is 2.25 bits per heavy atom. The van der Waals surface area contributed by atoms with Crippen molar-refractivity contribution in [3.63, 3.8) is 0 Å². The van der Waals surface area contributed by atoms with Gasteiger partial charge in [0.05, 0.1) is 5.92 Å². The number of anilines is 1. The van der Waals surface area contributed by atoms with Gasteiger partial charge in [0, 0.05) is 13.1 Å². The predicted molar refractivity (Wildman–Crippen MR) is 78.9 cm³/mol. The normalized spacial score (nSPS) is 17.6. The molecule has 1 aliphatic heterocycles. The highest BCUT2D eigenvalue weighted by Gasteiger charge is 2.27. The summed E-state index contributed by atoms with van der Waals surface area (Å²) < 4.78 is 0. The third-order valence-electron chi connectivity index (χ3n) is 3.54. The molecule has 6 heteroatoms. The minimum Gasteiger partial charge on any atom is -0.312 e. The number of benzene rings is 1. The van der Waals surface area contributed by atoms with Crippen molar-refractivity contribution in [2.75, 3.05) is 11.9 Å². The van der Waals surface area contributed by atoms with Crippen LogP contribution in [0.15, 0.2) is 18.2 Å². The van der Waals surface area contributed by atoms with Crippen LogP contribution in [-0.4, -0.2) is 22.6 Å². The van der Waals surface area contributed by atoms with Crippen molar-refractivity contribution >= 4 is 22.4 Å². The maximum absolute atomic E-state index is 12.4. The molecule has 1 aromatic carbocycles. The van der Waals surface area contributed by atoms with E-state index in [-0.39, 0.29) is 11.8 Å². The van der Waals surface area contributed by atoms with Gasteiger partial charge in [-0.25, -0.2) is 0 Å². The lowest BCUT2D eigenvalue weighted by Gasteiger charge is -2.26. The van der Waals surface area contributed by atoms with E-state index >= 15 is 0 Å². The van der Waals surface area contributed by atoms with E-state index < -0.39 is 0 Å². The zero-order valence-electron chi connectivity index (χ0n) is 11.4. The second-order valence-corrected chi connectivity index (χ2v) is 6.12. The lowest BCUT2D eigenvalue weighted by Crippen LogP contribution is -2.35. The summed E-state index contributed by atoms with van der Waals surface area (Å²) in [5.74, 6) is -0.206. The number of hydrogen-bond acceptors (Lipinski definition) is 5. The van der Waals surface area contributed by atoms with Gasteiger partial charge in [0.2, 0.25) is 11.0 Å². The fourth-order valence-electron chi connectivity index (χ4n) is 2.52. The fraction of sp³-hybridized carbons (Fsp3) is 0.357. The first-order valence-corrected chi connectivity index (χ1v) is 7.37. The highest BCUT2D eigenvalue weighted by molar-refractivity contribution is 7.15. The summed E-state index contributed by atoms with van der Waals surface area (Å²) in [6, 6.07) is 6.13. The summed E-state index contributed by atoms with van der Waals surface area (Å²) >= 11 is 1.39. The van der Waals surface area contributed by atoms with Crippen molar-refractivity contribution in [2.45, 2.75) is 26.3 Å². The molecule has 0 fully saturated rings. The van der Waals surface area contributed by atoms with Crippen LogP contribution < -0.4 is 10.6 Å². The van der Waals surface area contributed by atoms with E-state index in [4.69, 9.17) is 0 Å². The molecule has 2 N–H and O–H groups in total. The third-order valence-corrected chi connectivity index (χ3v) is 4.30. The van der Waals surface area contributed by atoms with Crippen molar-refractivity contribution in [2.24, 2.45) is 0 Å². The second-order valence-electron chi connectivity index (χ2n) is 4.94. The summed E-state index contributed by atoms with van der Waals surface area (Å²) in [6.07, 6.45) is 0. The van der Waals surface area contributed by atoms with Crippen molar-refractivity contribution in [3.8, 4) is 0 Å². The first kappa shape index (κ1) is 13.2. The monoisotopic (exact) mass is 288 g/mol. The van der Waals surface area contributed by atoms with E-state index in [0.717, 1.165) is 17.1 Å². The van der Waals surface area contributed by atoms with E-state index in [2.05, 4.69) is 33.8 Å². The minimum atomic E-state index is -0.178. The third kappa shape index (κ3) is 2.44. The van der Waals surface area contributed by atoms with Crippen LogP contribution in [0.4, 0.5) is 5.13 Å².